The first-order valence-corrected chi connectivity index (χ1v) is 15.9. The molecule has 2 aromatic heterocycles. The minimum atomic E-state index is -3.73. The van der Waals surface area contributed by atoms with Gasteiger partial charge in [0.05, 0.1) is 10.6 Å². The second-order valence-electron chi connectivity index (χ2n) is 10.8. The number of benzene rings is 2. The Morgan fingerprint density at radius 2 is 1.69 bits per heavy atom. The molecule has 1 fully saturated rings. The smallest absolute Gasteiger partial charge is 0.413 e. The molecule has 0 aliphatic carbocycles. The van der Waals surface area contributed by atoms with E-state index in [0.29, 0.717) is 32.0 Å². The molecule has 0 spiro atoms. The quantitative estimate of drug-likeness (QED) is 0.296. The average Bonchev–Trinajstić information content (AvgIpc) is 3.33. The summed E-state index contributed by atoms with van der Waals surface area (Å²) in [7, 11) is -3.73. The molecule has 0 saturated carbocycles. The van der Waals surface area contributed by atoms with E-state index in [2.05, 4.69) is 15.3 Å². The lowest BCUT2D eigenvalue weighted by Gasteiger charge is -2.33. The Kier molecular flexibility index (Phi) is 8.26. The number of hydrogen-bond donors (Lipinski definition) is 1. The van der Waals surface area contributed by atoms with Crippen LogP contribution in [0.25, 0.3) is 21.3 Å². The standard InChI is InChI=1S/C29H30ClN5O5S2/c1-18-25(41-26(32-18)21-7-10-24(31-17-21)33-28(37)40-29(2,3)4)27(36)34-11-13-35(14-12-34)42(38,39)23-9-6-19-15-22(30)8-5-20(19)16-23/h5-10,15-17H,11-14H2,1-4H3,(H,31,33,37). The number of rotatable bonds is 5. The molecule has 1 aliphatic heterocycles. The van der Waals surface area contributed by atoms with Crippen LogP contribution in [0.1, 0.15) is 36.1 Å². The predicted octanol–water partition coefficient (Wildman–Crippen LogP) is 5.81. The van der Waals surface area contributed by atoms with Crippen molar-refractivity contribution in [3.8, 4) is 10.6 Å². The summed E-state index contributed by atoms with van der Waals surface area (Å²) in [5, 5.41) is 5.44. The van der Waals surface area contributed by atoms with Crippen molar-refractivity contribution < 1.29 is 22.7 Å². The van der Waals surface area contributed by atoms with Crippen LogP contribution in [-0.2, 0) is 14.8 Å². The van der Waals surface area contributed by atoms with Crippen molar-refractivity contribution >= 4 is 61.6 Å². The van der Waals surface area contributed by atoms with E-state index < -0.39 is 21.7 Å². The molecule has 1 aliphatic rings. The summed E-state index contributed by atoms with van der Waals surface area (Å²) >= 11 is 7.30. The number of aryl methyl sites for hydroxylation is 1. The number of ether oxygens (including phenoxy) is 1. The number of fused-ring (bicyclic) bond motifs is 1. The zero-order valence-electron chi connectivity index (χ0n) is 23.5. The Hall–Kier alpha value is -3.58. The Balaban J connectivity index is 1.23. The van der Waals surface area contributed by atoms with Crippen LogP contribution in [0.15, 0.2) is 59.6 Å². The van der Waals surface area contributed by atoms with Crippen LogP contribution in [0.5, 0.6) is 0 Å². The third-order valence-corrected chi connectivity index (χ3v) is 9.89. The number of anilines is 1. The van der Waals surface area contributed by atoms with E-state index >= 15 is 0 Å². The molecular formula is C29H30ClN5O5S2. The van der Waals surface area contributed by atoms with Crippen LogP contribution < -0.4 is 5.32 Å². The number of sulfonamides is 1. The van der Waals surface area contributed by atoms with Crippen LogP contribution in [-0.4, -0.2) is 71.4 Å². The summed E-state index contributed by atoms with van der Waals surface area (Å²) < 4.78 is 33.4. The third-order valence-electron chi connectivity index (χ3n) is 6.57. The molecule has 0 radical (unpaired) electrons. The van der Waals surface area contributed by atoms with Crippen LogP contribution in [0.3, 0.4) is 0 Å². The molecule has 10 nitrogen and oxygen atoms in total. The molecule has 3 heterocycles. The van der Waals surface area contributed by atoms with E-state index in [9.17, 15) is 18.0 Å². The molecule has 4 aromatic rings. The number of halogens is 1. The first-order chi connectivity index (χ1) is 19.8. The number of amides is 2. The highest BCUT2D eigenvalue weighted by Gasteiger charge is 2.32. The van der Waals surface area contributed by atoms with Gasteiger partial charge in [-0.25, -0.2) is 23.2 Å². The number of hydrogen-bond acceptors (Lipinski definition) is 8. The second kappa shape index (κ2) is 11.6. The number of aromatic nitrogens is 2. The first-order valence-electron chi connectivity index (χ1n) is 13.2. The number of thiazole rings is 1. The molecular weight excluding hydrogens is 598 g/mol. The fourth-order valence-corrected chi connectivity index (χ4v) is 7.16. The highest BCUT2D eigenvalue weighted by Crippen LogP contribution is 2.30. The molecule has 5 rings (SSSR count). The lowest BCUT2D eigenvalue weighted by Crippen LogP contribution is -2.50. The van der Waals surface area contributed by atoms with Crippen LogP contribution >= 0.6 is 22.9 Å². The molecule has 1 saturated heterocycles. The van der Waals surface area contributed by atoms with E-state index in [1.54, 1.807) is 87.3 Å². The maximum Gasteiger partial charge on any atom is 0.413 e. The highest BCUT2D eigenvalue weighted by molar-refractivity contribution is 7.89. The van der Waals surface area contributed by atoms with E-state index in [4.69, 9.17) is 16.3 Å². The lowest BCUT2D eigenvalue weighted by molar-refractivity contribution is 0.0634. The molecule has 0 unspecified atom stereocenters. The Morgan fingerprint density at radius 1 is 1.00 bits per heavy atom. The van der Waals surface area contributed by atoms with Gasteiger partial charge in [-0.05, 0) is 74.9 Å². The fourth-order valence-electron chi connectivity index (χ4n) is 4.50. The zero-order valence-corrected chi connectivity index (χ0v) is 25.9. The van der Waals surface area contributed by atoms with Gasteiger partial charge in [0.25, 0.3) is 5.91 Å². The third kappa shape index (κ3) is 6.57. The number of nitrogens with one attached hydrogen (secondary N) is 1. The maximum absolute atomic E-state index is 13.4. The van der Waals surface area contributed by atoms with Crippen molar-refractivity contribution in [2.24, 2.45) is 0 Å². The van der Waals surface area contributed by atoms with Gasteiger partial charge in [0.2, 0.25) is 10.0 Å². The monoisotopic (exact) mass is 627 g/mol. The molecule has 2 aromatic carbocycles. The summed E-state index contributed by atoms with van der Waals surface area (Å²) in [5.74, 6) is 0.144. The van der Waals surface area contributed by atoms with Gasteiger partial charge in [-0.1, -0.05) is 23.7 Å². The van der Waals surface area contributed by atoms with Gasteiger partial charge in [-0.3, -0.25) is 10.1 Å². The molecule has 2 amide bonds. The van der Waals surface area contributed by atoms with Crippen molar-refractivity contribution in [2.75, 3.05) is 31.5 Å². The molecule has 42 heavy (non-hydrogen) atoms. The largest absolute Gasteiger partial charge is 0.444 e. The van der Waals surface area contributed by atoms with Gasteiger partial charge >= 0.3 is 6.09 Å². The summed E-state index contributed by atoms with van der Waals surface area (Å²) in [4.78, 5) is 36.6. The molecule has 13 heteroatoms. The topological polar surface area (TPSA) is 122 Å². The maximum atomic E-state index is 13.4. The van der Waals surface area contributed by atoms with Crippen LogP contribution in [0, 0.1) is 6.92 Å². The second-order valence-corrected chi connectivity index (χ2v) is 14.2. The minimum Gasteiger partial charge on any atom is -0.444 e. The van der Waals surface area contributed by atoms with Gasteiger partial charge in [0.1, 0.15) is 21.3 Å². The summed E-state index contributed by atoms with van der Waals surface area (Å²) in [6, 6.07) is 13.7. The van der Waals surface area contributed by atoms with E-state index in [1.807, 2.05) is 0 Å². The van der Waals surface area contributed by atoms with E-state index in [1.165, 1.54) is 15.6 Å². The SMILES string of the molecule is Cc1nc(-c2ccc(NC(=O)OC(C)(C)C)nc2)sc1C(=O)N1CCN(S(=O)(=O)c2ccc3cc(Cl)ccc3c2)CC1. The number of carbonyl (C=O) groups is 2. The average molecular weight is 628 g/mol. The van der Waals surface area contributed by atoms with Gasteiger partial charge in [0.15, 0.2) is 0 Å². The van der Waals surface area contributed by atoms with E-state index in [0.717, 1.165) is 10.8 Å². The number of pyridine rings is 1. The van der Waals surface area contributed by atoms with Crippen molar-refractivity contribution in [3.05, 3.63) is 70.3 Å². The lowest BCUT2D eigenvalue weighted by atomic mass is 10.1. The number of piperazine rings is 1. The first kappa shape index (κ1) is 29.9. The zero-order chi connectivity index (χ0) is 30.2. The number of carbonyl (C=O) groups excluding carboxylic acids is 2. The summed E-state index contributed by atoms with van der Waals surface area (Å²) in [6.07, 6.45) is 0.973. The predicted molar refractivity (Wildman–Crippen MR) is 164 cm³/mol. The van der Waals surface area contributed by atoms with Gasteiger partial charge in [-0.15, -0.1) is 11.3 Å². The Labute approximate surface area is 253 Å². The molecule has 220 valence electrons. The van der Waals surface area contributed by atoms with Crippen molar-refractivity contribution in [1.82, 2.24) is 19.2 Å². The fraction of sp³-hybridized carbons (Fsp3) is 0.310. The van der Waals surface area contributed by atoms with Gasteiger partial charge in [0, 0.05) is 43.0 Å². The van der Waals surface area contributed by atoms with Gasteiger partial charge < -0.3 is 9.64 Å². The minimum absolute atomic E-state index is 0.188. The molecule has 0 bridgehead atoms. The normalized spacial score (nSPS) is 14.6. The molecule has 0 atom stereocenters. The van der Waals surface area contributed by atoms with Crippen molar-refractivity contribution in [2.45, 2.75) is 38.2 Å². The summed E-state index contributed by atoms with van der Waals surface area (Å²) in [6.45, 7) is 8.00. The summed E-state index contributed by atoms with van der Waals surface area (Å²) in [5.41, 5.74) is 0.659. The van der Waals surface area contributed by atoms with Gasteiger partial charge in [-0.2, -0.15) is 4.31 Å². The van der Waals surface area contributed by atoms with Crippen LogP contribution in [0.4, 0.5) is 10.6 Å². The van der Waals surface area contributed by atoms with Crippen molar-refractivity contribution in [3.63, 3.8) is 0 Å². The Morgan fingerprint density at radius 3 is 2.36 bits per heavy atom. The highest BCUT2D eigenvalue weighted by atomic mass is 35.5. The Bertz CT molecular complexity index is 1760. The number of nitrogens with zero attached hydrogens (tertiary/aromatic N) is 4. The van der Waals surface area contributed by atoms with E-state index in [-0.39, 0.29) is 37.0 Å². The van der Waals surface area contributed by atoms with Crippen LogP contribution in [0.2, 0.25) is 5.02 Å². The van der Waals surface area contributed by atoms with Crippen molar-refractivity contribution in [1.29, 1.82) is 0 Å². The molecule has 1 N–H and O–H groups in total.